The van der Waals surface area contributed by atoms with Crippen molar-refractivity contribution in [2.24, 2.45) is 10.9 Å². The van der Waals surface area contributed by atoms with Crippen molar-refractivity contribution in [3.05, 3.63) is 35.4 Å². The van der Waals surface area contributed by atoms with E-state index in [1.165, 1.54) is 37.6 Å². The number of fused-ring (bicyclic) bond motifs is 1. The zero-order chi connectivity index (χ0) is 26.0. The minimum absolute atomic E-state index is 0.00803. The molecular formula is C27H39F4N3O2. The van der Waals surface area contributed by atoms with Crippen molar-refractivity contribution in [1.82, 2.24) is 10.0 Å². The summed E-state index contributed by atoms with van der Waals surface area (Å²) in [6, 6.07) is 1.41. The molecule has 2 atom stereocenters. The lowest BCUT2D eigenvalue weighted by Gasteiger charge is -2.35. The van der Waals surface area contributed by atoms with Crippen LogP contribution in [0.4, 0.5) is 17.6 Å². The lowest BCUT2D eigenvalue weighted by Crippen LogP contribution is -2.40. The highest BCUT2D eigenvalue weighted by molar-refractivity contribution is 5.98. The number of aliphatic imine (C=N–C) groups is 1. The highest BCUT2D eigenvalue weighted by Crippen LogP contribution is 2.47. The van der Waals surface area contributed by atoms with E-state index in [1.54, 1.807) is 0 Å². The number of ether oxygens (including phenoxy) is 1. The van der Waals surface area contributed by atoms with Crippen molar-refractivity contribution >= 4 is 5.71 Å². The van der Waals surface area contributed by atoms with Crippen LogP contribution < -0.4 is 4.74 Å². The Bertz CT molecular complexity index is 894. The van der Waals surface area contributed by atoms with E-state index in [9.17, 15) is 8.78 Å². The summed E-state index contributed by atoms with van der Waals surface area (Å²) in [6.07, 6.45) is 11.2. The van der Waals surface area contributed by atoms with E-state index in [2.05, 4.69) is 23.8 Å². The molecule has 1 aliphatic heterocycles. The Morgan fingerprint density at radius 3 is 2.39 bits per heavy atom. The molecule has 0 aromatic carbocycles. The molecule has 2 heterocycles. The van der Waals surface area contributed by atoms with Gasteiger partial charge in [-0.2, -0.15) is 13.8 Å². The zero-order valence-corrected chi connectivity index (χ0v) is 21.5. The molecule has 0 spiro atoms. The molecule has 0 saturated heterocycles. The van der Waals surface area contributed by atoms with Gasteiger partial charge in [-0.1, -0.05) is 65.2 Å². The summed E-state index contributed by atoms with van der Waals surface area (Å²) in [7, 11) is 0. The third-order valence-corrected chi connectivity index (χ3v) is 6.71. The molecule has 0 bridgehead atoms. The van der Waals surface area contributed by atoms with Crippen LogP contribution in [0.2, 0.25) is 0 Å². The van der Waals surface area contributed by atoms with Gasteiger partial charge in [0.25, 0.3) is 12.3 Å². The number of nitrogens with zero attached hydrogens (tertiary/aromatic N) is 3. The van der Waals surface area contributed by atoms with Crippen molar-refractivity contribution in [2.45, 2.75) is 103 Å². The summed E-state index contributed by atoms with van der Waals surface area (Å²) in [5.74, 6) is -6.24. The first kappa shape index (κ1) is 28.4. The monoisotopic (exact) mass is 513 g/mol. The molecule has 5 nitrogen and oxygen atoms in total. The molecule has 2 aliphatic rings. The Labute approximate surface area is 211 Å². The summed E-state index contributed by atoms with van der Waals surface area (Å²) < 4.78 is 65.8. The van der Waals surface area contributed by atoms with Crippen LogP contribution in [0.25, 0.3) is 0 Å². The molecule has 0 amide bonds. The van der Waals surface area contributed by atoms with Crippen LogP contribution in [-0.4, -0.2) is 35.4 Å². The molecule has 202 valence electrons. The predicted octanol–water partition coefficient (Wildman–Crippen LogP) is 7.65. The summed E-state index contributed by atoms with van der Waals surface area (Å²) in [4.78, 5) is 12.8. The quantitative estimate of drug-likeness (QED) is 0.105. The van der Waals surface area contributed by atoms with Crippen LogP contribution in [-0.2, 0) is 17.2 Å². The maximum atomic E-state index is 15.4. The zero-order valence-electron chi connectivity index (χ0n) is 21.5. The number of rotatable bonds is 15. The van der Waals surface area contributed by atoms with Crippen LogP contribution in [0.3, 0.4) is 0 Å². The van der Waals surface area contributed by atoms with Gasteiger partial charge in [0, 0.05) is 12.3 Å². The third-order valence-electron chi connectivity index (χ3n) is 6.71. The van der Waals surface area contributed by atoms with Gasteiger partial charge in [-0.3, -0.25) is 4.84 Å². The van der Waals surface area contributed by atoms with Gasteiger partial charge in [0.1, 0.15) is 0 Å². The molecule has 0 N–H and O–H groups in total. The molecule has 36 heavy (non-hydrogen) atoms. The molecule has 1 aromatic rings. The number of aryl methyl sites for hydroxylation is 1. The molecule has 0 radical (unpaired) electrons. The van der Waals surface area contributed by atoms with Crippen molar-refractivity contribution < 1.29 is 27.1 Å². The van der Waals surface area contributed by atoms with Gasteiger partial charge in [0.15, 0.2) is 0 Å². The molecule has 0 saturated carbocycles. The first-order valence-corrected chi connectivity index (χ1v) is 13.4. The number of alkyl halides is 3. The number of allylic oxidation sites excluding steroid dienone is 1. The average molecular weight is 514 g/mol. The van der Waals surface area contributed by atoms with Crippen molar-refractivity contribution in [3.63, 3.8) is 0 Å². The number of aromatic nitrogens is 1. The Morgan fingerprint density at radius 1 is 1.00 bits per heavy atom. The number of unbranched alkanes of at least 4 members (excludes halogenated alkanes) is 8. The van der Waals surface area contributed by atoms with E-state index < -0.39 is 29.8 Å². The van der Waals surface area contributed by atoms with Crippen molar-refractivity contribution in [3.8, 4) is 5.88 Å². The fraction of sp³-hybridized carbons (Fsp3) is 0.704. The molecule has 1 aliphatic carbocycles. The Morgan fingerprint density at radius 2 is 1.67 bits per heavy atom. The maximum absolute atomic E-state index is 15.4. The number of halogens is 4. The summed E-state index contributed by atoms with van der Waals surface area (Å²) in [6.45, 7) is 4.94. The normalized spacial score (nSPS) is 20.8. The smallest absolute Gasteiger partial charge is 0.288 e. The Balaban J connectivity index is 1.59. The summed E-state index contributed by atoms with van der Waals surface area (Å²) >= 11 is 0. The number of hydroxylamine groups is 2. The van der Waals surface area contributed by atoms with Crippen molar-refractivity contribution in [1.29, 1.82) is 0 Å². The average Bonchev–Trinajstić information content (AvgIpc) is 2.83. The van der Waals surface area contributed by atoms with Gasteiger partial charge in [0.05, 0.1) is 30.4 Å². The van der Waals surface area contributed by atoms with E-state index >= 15 is 8.78 Å². The van der Waals surface area contributed by atoms with Crippen LogP contribution in [0, 0.1) is 11.9 Å². The van der Waals surface area contributed by atoms with Crippen molar-refractivity contribution in [2.75, 3.05) is 13.2 Å². The first-order valence-electron chi connectivity index (χ1n) is 13.4. The van der Waals surface area contributed by atoms with Crippen LogP contribution in [0.5, 0.6) is 5.88 Å². The lowest BCUT2D eigenvalue weighted by atomic mass is 9.78. The lowest BCUT2D eigenvalue weighted by molar-refractivity contribution is -0.180. The standard InChI is InChI=1S/C27H39F4N3O2/c1-3-5-7-9-10-11-17-35-23-19-20-13-14-21(27(30,31)24(20)25(28)33-23)22-15-16-34(26(29)32-22)36-18-12-8-6-4-2/h15-16,19,21,26H,3-14,17-18H2,1-2H3. The van der Waals surface area contributed by atoms with E-state index in [0.29, 0.717) is 13.2 Å². The van der Waals surface area contributed by atoms with Gasteiger partial charge < -0.3 is 4.74 Å². The molecule has 2 unspecified atom stereocenters. The maximum Gasteiger partial charge on any atom is 0.288 e. The van der Waals surface area contributed by atoms with E-state index in [1.807, 2.05) is 0 Å². The second-order valence-corrected chi connectivity index (χ2v) is 9.55. The molecular weight excluding hydrogens is 474 g/mol. The largest absolute Gasteiger partial charge is 0.478 e. The molecule has 0 fully saturated rings. The van der Waals surface area contributed by atoms with Gasteiger partial charge in [-0.15, -0.1) is 0 Å². The fourth-order valence-corrected chi connectivity index (χ4v) is 4.66. The highest BCUT2D eigenvalue weighted by atomic mass is 19.3. The second kappa shape index (κ2) is 14.0. The van der Waals surface area contributed by atoms with E-state index in [0.717, 1.165) is 50.0 Å². The van der Waals surface area contributed by atoms with Gasteiger partial charge >= 0.3 is 0 Å². The SMILES string of the molecule is CCCCCCCCOc1cc2c(c(F)n1)C(F)(F)C(C1=NC(F)N(OCCCCCC)C=C1)CC2. The predicted molar refractivity (Wildman–Crippen MR) is 132 cm³/mol. The highest BCUT2D eigenvalue weighted by Gasteiger charge is 2.50. The Hall–Kier alpha value is -2.16. The van der Waals surface area contributed by atoms with E-state index in [4.69, 9.17) is 9.57 Å². The summed E-state index contributed by atoms with van der Waals surface area (Å²) in [5, 5.41) is 0.930. The third kappa shape index (κ3) is 7.43. The number of hydrogen-bond acceptors (Lipinski definition) is 5. The molecule has 1 aromatic heterocycles. The fourth-order valence-electron chi connectivity index (χ4n) is 4.66. The first-order chi connectivity index (χ1) is 17.4. The minimum Gasteiger partial charge on any atom is -0.478 e. The Kier molecular flexibility index (Phi) is 11.0. The minimum atomic E-state index is -3.57. The molecule has 3 rings (SSSR count). The molecule has 9 heteroatoms. The van der Waals surface area contributed by atoms with Crippen LogP contribution in [0.1, 0.15) is 95.6 Å². The number of hydrogen-bond donors (Lipinski definition) is 0. The van der Waals surface area contributed by atoms with E-state index in [-0.39, 0.29) is 30.0 Å². The van der Waals surface area contributed by atoms with Gasteiger partial charge in [0.2, 0.25) is 11.8 Å². The van der Waals surface area contributed by atoms with Crippen LogP contribution >= 0.6 is 0 Å². The van der Waals surface area contributed by atoms with Gasteiger partial charge in [-0.25, -0.2) is 18.8 Å². The van der Waals surface area contributed by atoms with Gasteiger partial charge in [-0.05, 0) is 37.3 Å². The second-order valence-electron chi connectivity index (χ2n) is 9.55. The topological polar surface area (TPSA) is 47.0 Å². The van der Waals surface area contributed by atoms with Crippen LogP contribution in [0.15, 0.2) is 23.3 Å². The summed E-state index contributed by atoms with van der Waals surface area (Å²) in [5.41, 5.74) is -0.672. The number of pyridine rings is 1.